The molecule has 15 heteroatoms. The average Bonchev–Trinajstić information content (AvgIpc) is 3.88. The third-order valence-corrected chi connectivity index (χ3v) is 12.0. The molecule has 326 valence electrons. The number of hydrogen-bond acceptors (Lipinski definition) is 11. The Bertz CT molecular complexity index is 1630. The number of esters is 1. The Morgan fingerprint density at radius 3 is 2.25 bits per heavy atom. The molecule has 5 aliphatic rings. The van der Waals surface area contributed by atoms with E-state index >= 15 is 0 Å². The molecule has 9 atom stereocenters. The fourth-order valence-corrected chi connectivity index (χ4v) is 8.45. The van der Waals surface area contributed by atoms with Crippen LogP contribution in [0.1, 0.15) is 112 Å². The number of carbonyl (C=O) groups is 6. The minimum Gasteiger partial charge on any atom is -0.459 e. The summed E-state index contributed by atoms with van der Waals surface area (Å²) in [6, 6.07) is -0.0735. The van der Waals surface area contributed by atoms with E-state index in [9.17, 15) is 33.9 Å². The Morgan fingerprint density at radius 2 is 1.61 bits per heavy atom. The topological polar surface area (TPSA) is 202 Å². The van der Waals surface area contributed by atoms with Crippen molar-refractivity contribution in [3.63, 3.8) is 0 Å². The summed E-state index contributed by atoms with van der Waals surface area (Å²) in [4.78, 5) is 73.8. The number of hydrogen-bond donors (Lipinski definition) is 4. The van der Waals surface area contributed by atoms with E-state index in [0.29, 0.717) is 45.3 Å². The second-order valence-electron chi connectivity index (χ2n) is 17.0. The molecule has 0 aromatic heterocycles. The van der Waals surface area contributed by atoms with E-state index in [1.807, 2.05) is 26.0 Å². The molecular formula is C44H64N4O11. The van der Waals surface area contributed by atoms with Crippen LogP contribution in [-0.4, -0.2) is 119 Å². The summed E-state index contributed by atoms with van der Waals surface area (Å²) in [6.45, 7) is 9.84. The summed E-state index contributed by atoms with van der Waals surface area (Å²) in [6.07, 6.45) is 16.3. The van der Waals surface area contributed by atoms with Crippen LogP contribution in [0.25, 0.3) is 0 Å². The van der Waals surface area contributed by atoms with Gasteiger partial charge in [0.1, 0.15) is 23.9 Å². The van der Waals surface area contributed by atoms with E-state index in [4.69, 9.17) is 18.9 Å². The van der Waals surface area contributed by atoms with Gasteiger partial charge in [0.05, 0.1) is 37.4 Å². The number of imide groups is 1. The number of aliphatic hydroxyl groups is 1. The minimum atomic E-state index is -0.852. The number of allylic oxidation sites excluding steroid dienone is 2. The first-order valence-corrected chi connectivity index (χ1v) is 21.4. The van der Waals surface area contributed by atoms with E-state index in [1.165, 1.54) is 30.1 Å². The van der Waals surface area contributed by atoms with Gasteiger partial charge in [-0.25, -0.2) is 0 Å². The number of amides is 5. The molecule has 1 saturated carbocycles. The van der Waals surface area contributed by atoms with Gasteiger partial charge in [-0.05, 0) is 84.1 Å². The number of ether oxygens (including phenoxy) is 4. The van der Waals surface area contributed by atoms with E-state index in [-0.39, 0.29) is 72.2 Å². The van der Waals surface area contributed by atoms with Crippen LogP contribution in [0.15, 0.2) is 48.1 Å². The highest BCUT2D eigenvalue weighted by atomic mass is 16.6. The van der Waals surface area contributed by atoms with Crippen molar-refractivity contribution in [2.45, 2.75) is 172 Å². The second-order valence-corrected chi connectivity index (χ2v) is 17.0. The molecule has 4 N–H and O–H groups in total. The summed E-state index contributed by atoms with van der Waals surface area (Å²) in [5.41, 5.74) is 0.270. The van der Waals surface area contributed by atoms with Gasteiger partial charge in [0.15, 0.2) is 0 Å². The van der Waals surface area contributed by atoms with Crippen LogP contribution in [0.4, 0.5) is 0 Å². The normalized spacial score (nSPS) is 32.7. The van der Waals surface area contributed by atoms with Crippen LogP contribution < -0.4 is 16.0 Å². The van der Waals surface area contributed by atoms with Crippen molar-refractivity contribution in [1.29, 1.82) is 0 Å². The maximum Gasteiger partial charge on any atom is 0.303 e. The van der Waals surface area contributed by atoms with Crippen molar-refractivity contribution in [2.24, 2.45) is 5.92 Å². The molecule has 59 heavy (non-hydrogen) atoms. The van der Waals surface area contributed by atoms with Crippen LogP contribution >= 0.6 is 0 Å². The number of unbranched alkanes of at least 4 members (excludes halogenated alkanes) is 2. The van der Waals surface area contributed by atoms with Crippen LogP contribution in [0.2, 0.25) is 0 Å². The maximum atomic E-state index is 13.2. The molecule has 4 heterocycles. The summed E-state index contributed by atoms with van der Waals surface area (Å²) in [7, 11) is 0. The number of aliphatic hydroxyl groups excluding tert-OH is 1. The van der Waals surface area contributed by atoms with Gasteiger partial charge >= 0.3 is 5.97 Å². The number of nitrogens with one attached hydrogen (secondary N) is 3. The Balaban J connectivity index is 0.990. The summed E-state index contributed by atoms with van der Waals surface area (Å²) < 4.78 is 23.4. The monoisotopic (exact) mass is 824 g/mol. The molecular weight excluding hydrogens is 761 g/mol. The molecule has 1 aliphatic carbocycles. The molecule has 1 unspecified atom stereocenters. The summed E-state index contributed by atoms with van der Waals surface area (Å²) in [5.74, 6) is -1.16. The summed E-state index contributed by atoms with van der Waals surface area (Å²) in [5, 5.41) is 20.4. The van der Waals surface area contributed by atoms with Crippen LogP contribution in [0, 0.1) is 5.92 Å². The highest BCUT2D eigenvalue weighted by Gasteiger charge is 2.58. The zero-order valence-electron chi connectivity index (χ0n) is 35.2. The molecule has 1 spiro atoms. The van der Waals surface area contributed by atoms with Crippen molar-refractivity contribution < 1.29 is 52.8 Å². The molecule has 5 amide bonds. The second kappa shape index (κ2) is 21.4. The highest BCUT2D eigenvalue weighted by Crippen LogP contribution is 2.43. The largest absolute Gasteiger partial charge is 0.459 e. The highest BCUT2D eigenvalue weighted by molar-refractivity contribution is 6.12. The molecule has 0 radical (unpaired) electrons. The van der Waals surface area contributed by atoms with E-state index < -0.39 is 36.0 Å². The lowest BCUT2D eigenvalue weighted by atomic mass is 9.87. The first-order valence-electron chi connectivity index (χ1n) is 21.4. The summed E-state index contributed by atoms with van der Waals surface area (Å²) >= 11 is 0. The minimum absolute atomic E-state index is 0.00510. The lowest BCUT2D eigenvalue weighted by molar-refractivity contribution is -0.146. The number of nitrogens with zero attached hydrogens (tertiary/aromatic N) is 1. The molecule has 0 bridgehead atoms. The fraction of sp³-hybridized carbons (Fsp3) is 0.682. The van der Waals surface area contributed by atoms with E-state index in [1.54, 1.807) is 13.0 Å². The molecule has 4 fully saturated rings. The quantitative estimate of drug-likeness (QED) is 0.0394. The lowest BCUT2D eigenvalue weighted by Crippen LogP contribution is -2.51. The zero-order valence-corrected chi connectivity index (χ0v) is 35.2. The van der Waals surface area contributed by atoms with Gasteiger partial charge < -0.3 is 40.0 Å². The Kier molecular flexibility index (Phi) is 16.6. The SMILES string of the molecule is CC(=O)O[C@@H](C)/C=C\C(=O)N[C@@H]1C[C@H](C)[C@H](C/C=C(C)/C=C/C2O[C@H](CC(=O)NC3CCC(NC(=O)CCCCCN4C(=O)C=CC4=O)CC3)C[C@@]3(CO3)[C@@H]2O)O[C@@H]1C. The van der Waals surface area contributed by atoms with Gasteiger partial charge in [0.2, 0.25) is 17.7 Å². The molecule has 15 nitrogen and oxygen atoms in total. The zero-order chi connectivity index (χ0) is 42.7. The third kappa shape index (κ3) is 13.9. The average molecular weight is 825 g/mol. The lowest BCUT2D eigenvalue weighted by Gasteiger charge is -2.39. The third-order valence-electron chi connectivity index (χ3n) is 12.0. The predicted octanol–water partition coefficient (Wildman–Crippen LogP) is 3.39. The molecule has 0 aromatic rings. The van der Waals surface area contributed by atoms with Gasteiger partial charge in [-0.1, -0.05) is 37.1 Å². The number of epoxide rings is 1. The molecule has 0 aromatic carbocycles. The Labute approximate surface area is 347 Å². The van der Waals surface area contributed by atoms with Gasteiger partial charge in [0.25, 0.3) is 11.8 Å². The van der Waals surface area contributed by atoms with Gasteiger partial charge in [-0.3, -0.25) is 33.7 Å². The Hall–Kier alpha value is -4.18. The van der Waals surface area contributed by atoms with Gasteiger partial charge in [0, 0.05) is 56.6 Å². The van der Waals surface area contributed by atoms with E-state index in [0.717, 1.165) is 44.1 Å². The molecule has 5 rings (SSSR count). The fourth-order valence-electron chi connectivity index (χ4n) is 8.45. The van der Waals surface area contributed by atoms with Gasteiger partial charge in [-0.15, -0.1) is 0 Å². The predicted molar refractivity (Wildman–Crippen MR) is 217 cm³/mol. The van der Waals surface area contributed by atoms with Crippen molar-refractivity contribution in [3.05, 3.63) is 48.1 Å². The van der Waals surface area contributed by atoms with E-state index in [2.05, 4.69) is 29.0 Å². The van der Waals surface area contributed by atoms with Crippen molar-refractivity contribution in [2.75, 3.05) is 13.2 Å². The maximum absolute atomic E-state index is 13.2. The standard InChI is InChI=1S/C44H64N4O11/c1-27(10-17-36-28(2)23-35(30(4)58-36)47-39(51)19-12-29(3)57-31(5)49)11-18-37-43(55)44(26-56-44)25-34(59-37)24-40(52)46-33-15-13-32(14-16-33)45-38(50)9-7-6-8-22-48-41(53)20-21-42(48)54/h10-12,18-21,28-30,32-37,43,55H,6-9,13-17,22-26H2,1-5H3,(H,45,50)(H,46,52)(H,47,51)/b18-11+,19-12-,27-10+/t28-,29-,30+,32?,33?,34+,35+,36-,37?,43+,44+/m0/s1. The van der Waals surface area contributed by atoms with Crippen molar-refractivity contribution in [3.8, 4) is 0 Å². The van der Waals surface area contributed by atoms with Crippen LogP contribution in [0.5, 0.6) is 0 Å². The van der Waals surface area contributed by atoms with Crippen LogP contribution in [0.3, 0.4) is 0 Å². The Morgan fingerprint density at radius 1 is 0.949 bits per heavy atom. The van der Waals surface area contributed by atoms with Crippen LogP contribution in [-0.2, 0) is 47.7 Å². The number of rotatable bonds is 18. The first-order chi connectivity index (χ1) is 28.1. The smallest absolute Gasteiger partial charge is 0.303 e. The van der Waals surface area contributed by atoms with Crippen molar-refractivity contribution in [1.82, 2.24) is 20.9 Å². The number of carbonyl (C=O) groups excluding carboxylic acids is 6. The molecule has 4 aliphatic heterocycles. The molecule has 3 saturated heterocycles. The first kappa shape index (κ1) is 45.9. The van der Waals surface area contributed by atoms with Gasteiger partial charge in [-0.2, -0.15) is 0 Å². The van der Waals surface area contributed by atoms with Crippen molar-refractivity contribution >= 4 is 35.5 Å².